The van der Waals surface area contributed by atoms with E-state index >= 15 is 0 Å². The minimum atomic E-state index is -1.26. The summed E-state index contributed by atoms with van der Waals surface area (Å²) in [4.78, 5) is 1.81. The van der Waals surface area contributed by atoms with Crippen molar-refractivity contribution in [3.63, 3.8) is 0 Å². The van der Waals surface area contributed by atoms with Gasteiger partial charge in [-0.05, 0) is 87.0 Å². The molecule has 1 saturated heterocycles. The molecule has 2 atom stereocenters. The molecule has 0 amide bonds. The smallest absolute Gasteiger partial charge is 0.145 e. The second kappa shape index (κ2) is 11.5. The minimum Gasteiger partial charge on any atom is -0.309 e. The summed E-state index contributed by atoms with van der Waals surface area (Å²) in [6.45, 7) is 19.8. The molecule has 0 bridgehead atoms. The van der Waals surface area contributed by atoms with E-state index in [1.54, 1.807) is 0 Å². The highest BCUT2D eigenvalue weighted by molar-refractivity contribution is 4.89. The van der Waals surface area contributed by atoms with E-state index in [0.717, 1.165) is 12.0 Å². The van der Waals surface area contributed by atoms with Gasteiger partial charge in [-0.3, -0.25) is 4.90 Å². The molecule has 0 aromatic rings. The molecule has 30 heavy (non-hydrogen) atoms. The third kappa shape index (κ3) is 11.3. The SMILES string of the molecule is CC(C)(C)NC1CC(F)C1.CC(C)N1C[C@@H](F)[C@@H](F)C1.CC1CC(NC(C)(C)C)C1. The Morgan fingerprint density at radius 1 is 0.733 bits per heavy atom. The average molecular weight is 436 g/mol. The van der Waals surface area contributed by atoms with Crippen LogP contribution in [0, 0.1) is 5.92 Å². The lowest BCUT2D eigenvalue weighted by Gasteiger charge is -2.38. The van der Waals surface area contributed by atoms with Gasteiger partial charge < -0.3 is 10.6 Å². The summed E-state index contributed by atoms with van der Waals surface area (Å²) < 4.78 is 37.3. The van der Waals surface area contributed by atoms with Crippen molar-refractivity contribution in [2.24, 2.45) is 5.92 Å². The lowest BCUT2D eigenvalue weighted by molar-refractivity contribution is 0.135. The van der Waals surface area contributed by atoms with Crippen molar-refractivity contribution in [1.82, 2.24) is 15.5 Å². The fraction of sp³-hybridized carbons (Fsp3) is 1.00. The van der Waals surface area contributed by atoms with E-state index in [2.05, 4.69) is 59.1 Å². The van der Waals surface area contributed by atoms with Gasteiger partial charge in [0, 0.05) is 42.3 Å². The fourth-order valence-electron chi connectivity index (χ4n) is 4.08. The monoisotopic (exact) mass is 435 g/mol. The molecule has 0 radical (unpaired) electrons. The van der Waals surface area contributed by atoms with Gasteiger partial charge in [0.05, 0.1) is 0 Å². The van der Waals surface area contributed by atoms with Gasteiger partial charge in [-0.2, -0.15) is 0 Å². The van der Waals surface area contributed by atoms with E-state index in [1.165, 1.54) is 12.8 Å². The van der Waals surface area contributed by atoms with Crippen molar-refractivity contribution in [2.45, 2.75) is 136 Å². The van der Waals surface area contributed by atoms with Crippen LogP contribution in [0.2, 0.25) is 0 Å². The summed E-state index contributed by atoms with van der Waals surface area (Å²) in [6.07, 6.45) is 1.09. The Labute approximate surface area is 183 Å². The summed E-state index contributed by atoms with van der Waals surface area (Å²) in [5.41, 5.74) is 0.454. The number of rotatable bonds is 3. The maximum atomic E-state index is 12.5. The van der Waals surface area contributed by atoms with Crippen LogP contribution in [-0.4, -0.2) is 65.7 Å². The molecule has 0 spiro atoms. The first kappa shape index (κ1) is 27.7. The molecule has 0 unspecified atom stereocenters. The molecule has 3 nitrogen and oxygen atoms in total. The van der Waals surface area contributed by atoms with E-state index in [1.807, 2.05) is 18.7 Å². The molecule has 2 aliphatic carbocycles. The first-order chi connectivity index (χ1) is 13.6. The van der Waals surface area contributed by atoms with Crippen LogP contribution in [0.5, 0.6) is 0 Å². The van der Waals surface area contributed by atoms with Crippen molar-refractivity contribution in [1.29, 1.82) is 0 Å². The topological polar surface area (TPSA) is 27.3 Å². The van der Waals surface area contributed by atoms with Crippen LogP contribution in [0.1, 0.15) is 88.0 Å². The van der Waals surface area contributed by atoms with Crippen LogP contribution in [0.25, 0.3) is 0 Å². The normalized spacial score (nSPS) is 34.3. The van der Waals surface area contributed by atoms with Gasteiger partial charge in [0.1, 0.15) is 18.5 Å². The number of nitrogens with zero attached hydrogens (tertiary/aromatic N) is 1. The van der Waals surface area contributed by atoms with Gasteiger partial charge in [-0.15, -0.1) is 0 Å². The Morgan fingerprint density at radius 3 is 1.33 bits per heavy atom. The van der Waals surface area contributed by atoms with E-state index in [0.29, 0.717) is 24.4 Å². The first-order valence-corrected chi connectivity index (χ1v) is 11.8. The lowest BCUT2D eigenvalue weighted by Crippen LogP contribution is -2.50. The number of alkyl halides is 3. The lowest BCUT2D eigenvalue weighted by atomic mass is 9.81. The maximum absolute atomic E-state index is 12.5. The van der Waals surface area contributed by atoms with Crippen LogP contribution in [-0.2, 0) is 0 Å². The molecular weight excluding hydrogens is 387 g/mol. The van der Waals surface area contributed by atoms with Gasteiger partial charge in [0.25, 0.3) is 0 Å². The molecule has 1 aliphatic heterocycles. The van der Waals surface area contributed by atoms with Crippen LogP contribution < -0.4 is 10.6 Å². The minimum absolute atomic E-state index is 0.144. The van der Waals surface area contributed by atoms with Gasteiger partial charge in [-0.1, -0.05) is 6.92 Å². The third-order valence-corrected chi connectivity index (χ3v) is 5.67. The largest absolute Gasteiger partial charge is 0.309 e. The number of halogens is 3. The van der Waals surface area contributed by atoms with E-state index in [-0.39, 0.29) is 24.7 Å². The molecule has 180 valence electrons. The molecule has 2 saturated carbocycles. The summed E-state index contributed by atoms with van der Waals surface area (Å²) in [5, 5.41) is 6.93. The van der Waals surface area contributed by atoms with Crippen LogP contribution in [0.3, 0.4) is 0 Å². The molecule has 2 N–H and O–H groups in total. The van der Waals surface area contributed by atoms with Gasteiger partial charge in [0.2, 0.25) is 0 Å². The van der Waals surface area contributed by atoms with Crippen molar-refractivity contribution in [3.05, 3.63) is 0 Å². The molecular formula is C24H48F3N3. The zero-order valence-corrected chi connectivity index (χ0v) is 20.9. The zero-order chi connectivity index (χ0) is 23.3. The molecule has 1 heterocycles. The Bertz CT molecular complexity index is 435. The number of hydrogen-bond acceptors (Lipinski definition) is 3. The summed E-state index contributed by atoms with van der Waals surface area (Å²) in [6, 6.07) is 1.49. The van der Waals surface area contributed by atoms with Gasteiger partial charge in [0.15, 0.2) is 0 Å². The molecule has 3 aliphatic rings. The van der Waals surface area contributed by atoms with Crippen LogP contribution in [0.15, 0.2) is 0 Å². The van der Waals surface area contributed by atoms with Crippen molar-refractivity contribution in [3.8, 4) is 0 Å². The predicted molar refractivity (Wildman–Crippen MR) is 122 cm³/mol. The van der Waals surface area contributed by atoms with Gasteiger partial charge in [-0.25, -0.2) is 13.2 Å². The van der Waals surface area contributed by atoms with Crippen LogP contribution >= 0.6 is 0 Å². The van der Waals surface area contributed by atoms with E-state index in [9.17, 15) is 13.2 Å². The van der Waals surface area contributed by atoms with Crippen LogP contribution in [0.4, 0.5) is 13.2 Å². The highest BCUT2D eigenvalue weighted by Crippen LogP contribution is 2.27. The Kier molecular flexibility index (Phi) is 10.6. The molecule has 6 heteroatoms. The average Bonchev–Trinajstić information content (AvgIpc) is 2.83. The second-order valence-electron chi connectivity index (χ2n) is 11.9. The zero-order valence-electron chi connectivity index (χ0n) is 20.9. The molecule has 3 fully saturated rings. The number of nitrogens with one attached hydrogen (secondary N) is 2. The molecule has 0 aromatic heterocycles. The number of likely N-dealkylation sites (tertiary alicyclic amines) is 1. The Balaban J connectivity index is 0.000000225. The summed E-state index contributed by atoms with van der Waals surface area (Å²) in [5.74, 6) is 0.958. The Hall–Kier alpha value is -0.330. The highest BCUT2D eigenvalue weighted by Gasteiger charge is 2.33. The summed E-state index contributed by atoms with van der Waals surface area (Å²) >= 11 is 0. The molecule has 0 aromatic carbocycles. The Morgan fingerprint density at radius 2 is 1.10 bits per heavy atom. The van der Waals surface area contributed by atoms with E-state index < -0.39 is 18.5 Å². The quantitative estimate of drug-likeness (QED) is 0.619. The van der Waals surface area contributed by atoms with Crippen molar-refractivity contribution < 1.29 is 13.2 Å². The third-order valence-electron chi connectivity index (χ3n) is 5.67. The van der Waals surface area contributed by atoms with E-state index in [4.69, 9.17) is 0 Å². The highest BCUT2D eigenvalue weighted by atomic mass is 19.2. The van der Waals surface area contributed by atoms with Crippen molar-refractivity contribution in [2.75, 3.05) is 13.1 Å². The first-order valence-electron chi connectivity index (χ1n) is 11.8. The standard InChI is InChI=1S/C9H19N.C8H16FN.C7H13F2N/c1-7-5-8(6-7)10-9(2,3)4;1-8(2,3)10-7-4-6(9)5-7;1-5(2)10-3-6(8)7(9)4-10/h7-8,10H,5-6H2,1-4H3;6-7,10H,4-5H2,1-3H3;5-7H,3-4H2,1-2H3/t;;6-,7+. The second-order valence-corrected chi connectivity index (χ2v) is 11.9. The molecule has 3 rings (SSSR count). The fourth-order valence-corrected chi connectivity index (χ4v) is 4.08. The predicted octanol–water partition coefficient (Wildman–Crippen LogP) is 5.43. The maximum Gasteiger partial charge on any atom is 0.145 e. The van der Waals surface area contributed by atoms with Crippen molar-refractivity contribution >= 4 is 0 Å². The summed E-state index contributed by atoms with van der Waals surface area (Å²) in [7, 11) is 0. The number of hydrogen-bond donors (Lipinski definition) is 2. The van der Waals surface area contributed by atoms with Gasteiger partial charge >= 0.3 is 0 Å².